The minimum absolute atomic E-state index is 0.212. The number of halogens is 1. The van der Waals surface area contributed by atoms with Gasteiger partial charge in [-0.05, 0) is 18.1 Å². The van der Waals surface area contributed by atoms with E-state index in [1.807, 2.05) is 20.8 Å². The monoisotopic (exact) mass is 312 g/mol. The molecule has 21 heavy (non-hydrogen) atoms. The van der Waals surface area contributed by atoms with Crippen LogP contribution in [-0.2, 0) is 10.2 Å². The molecule has 0 aromatic carbocycles. The molecule has 1 atom stereocenters. The summed E-state index contributed by atoms with van der Waals surface area (Å²) in [5.74, 6) is -1.74. The van der Waals surface area contributed by atoms with E-state index in [4.69, 9.17) is 16.7 Å². The number of rotatable bonds is 4. The Morgan fingerprint density at radius 1 is 1.29 bits per heavy atom. The number of carboxylic acid groups (broad SMARTS) is 1. The molecule has 0 aliphatic heterocycles. The van der Waals surface area contributed by atoms with Crippen LogP contribution in [0.15, 0.2) is 12.1 Å². The molecule has 1 aromatic heterocycles. The average molecular weight is 313 g/mol. The molecule has 1 aromatic rings. The molecule has 116 valence electrons. The highest BCUT2D eigenvalue weighted by molar-refractivity contribution is 6.29. The van der Waals surface area contributed by atoms with Crippen LogP contribution in [0.3, 0.4) is 0 Å². The predicted molar refractivity (Wildman–Crippen MR) is 81.7 cm³/mol. The minimum Gasteiger partial charge on any atom is -0.480 e. The third-order valence-electron chi connectivity index (χ3n) is 3.04. The van der Waals surface area contributed by atoms with Gasteiger partial charge in [-0.15, -0.1) is 0 Å². The van der Waals surface area contributed by atoms with Gasteiger partial charge >= 0.3 is 5.97 Å². The van der Waals surface area contributed by atoms with E-state index in [1.54, 1.807) is 19.9 Å². The number of amides is 1. The lowest BCUT2D eigenvalue weighted by Gasteiger charge is -2.20. The summed E-state index contributed by atoms with van der Waals surface area (Å²) in [5, 5.41) is 11.8. The Hall–Kier alpha value is -1.62. The number of nitrogens with zero attached hydrogens (tertiary/aromatic N) is 1. The fourth-order valence-electron chi connectivity index (χ4n) is 1.75. The van der Waals surface area contributed by atoms with Crippen LogP contribution in [0.1, 0.15) is 50.7 Å². The molecule has 1 amide bonds. The largest absolute Gasteiger partial charge is 0.480 e. The SMILES string of the molecule is CC(C)[C@@H](NC(=O)c1cc(Cl)nc(C(C)(C)C)c1)C(=O)O. The van der Waals surface area contributed by atoms with Crippen molar-refractivity contribution in [2.75, 3.05) is 0 Å². The number of aromatic nitrogens is 1. The van der Waals surface area contributed by atoms with Crippen LogP contribution < -0.4 is 5.32 Å². The molecule has 0 bridgehead atoms. The van der Waals surface area contributed by atoms with Crippen LogP contribution in [0.25, 0.3) is 0 Å². The first-order chi connectivity index (χ1) is 9.52. The lowest BCUT2D eigenvalue weighted by atomic mass is 9.90. The van der Waals surface area contributed by atoms with Crippen LogP contribution >= 0.6 is 11.6 Å². The maximum atomic E-state index is 12.2. The highest BCUT2D eigenvalue weighted by Crippen LogP contribution is 2.23. The van der Waals surface area contributed by atoms with Crippen LogP contribution in [0, 0.1) is 5.92 Å². The summed E-state index contributed by atoms with van der Waals surface area (Å²) in [6, 6.07) is 2.13. The molecule has 0 spiro atoms. The second kappa shape index (κ2) is 6.43. The smallest absolute Gasteiger partial charge is 0.326 e. The van der Waals surface area contributed by atoms with Gasteiger partial charge in [-0.2, -0.15) is 0 Å². The van der Waals surface area contributed by atoms with E-state index in [0.29, 0.717) is 11.3 Å². The van der Waals surface area contributed by atoms with Gasteiger partial charge in [0.2, 0.25) is 0 Å². The molecule has 0 saturated carbocycles. The zero-order valence-electron chi connectivity index (χ0n) is 12.9. The van der Waals surface area contributed by atoms with Crippen molar-refractivity contribution < 1.29 is 14.7 Å². The topological polar surface area (TPSA) is 79.3 Å². The fourth-order valence-corrected chi connectivity index (χ4v) is 1.96. The molecule has 0 aliphatic carbocycles. The van der Waals surface area contributed by atoms with Gasteiger partial charge in [0.15, 0.2) is 0 Å². The van der Waals surface area contributed by atoms with Crippen molar-refractivity contribution in [2.45, 2.75) is 46.1 Å². The van der Waals surface area contributed by atoms with Crippen LogP contribution in [0.5, 0.6) is 0 Å². The lowest BCUT2D eigenvalue weighted by molar-refractivity contribution is -0.140. The standard InChI is InChI=1S/C15H21ClN2O3/c1-8(2)12(14(20)21)18-13(19)9-6-10(15(3,4)5)17-11(16)7-9/h6-8,12H,1-5H3,(H,18,19)(H,20,21)/t12-/m1/s1. The Morgan fingerprint density at radius 2 is 1.86 bits per heavy atom. The molecule has 0 radical (unpaired) electrons. The van der Waals surface area contributed by atoms with E-state index >= 15 is 0 Å². The average Bonchev–Trinajstić information content (AvgIpc) is 2.32. The van der Waals surface area contributed by atoms with Crippen molar-refractivity contribution in [3.63, 3.8) is 0 Å². The van der Waals surface area contributed by atoms with Crippen molar-refractivity contribution in [1.29, 1.82) is 0 Å². The Morgan fingerprint density at radius 3 is 2.29 bits per heavy atom. The molecule has 0 fully saturated rings. The summed E-state index contributed by atoms with van der Waals surface area (Å²) in [5.41, 5.74) is 0.730. The molecule has 1 rings (SSSR count). The zero-order chi connectivity index (χ0) is 16.4. The number of nitrogens with one attached hydrogen (secondary N) is 1. The Labute approximate surface area is 129 Å². The van der Waals surface area contributed by atoms with Crippen molar-refractivity contribution in [2.24, 2.45) is 5.92 Å². The number of hydrogen-bond acceptors (Lipinski definition) is 3. The molecule has 5 nitrogen and oxygen atoms in total. The summed E-state index contributed by atoms with van der Waals surface area (Å²) in [6.45, 7) is 9.35. The van der Waals surface area contributed by atoms with E-state index in [-0.39, 0.29) is 16.5 Å². The van der Waals surface area contributed by atoms with Crippen LogP contribution in [-0.4, -0.2) is 28.0 Å². The van der Waals surface area contributed by atoms with Gasteiger partial charge in [0.05, 0.1) is 0 Å². The summed E-state index contributed by atoms with van der Waals surface area (Å²) >= 11 is 5.95. The van der Waals surface area contributed by atoms with Gasteiger partial charge in [0, 0.05) is 16.7 Å². The van der Waals surface area contributed by atoms with E-state index in [2.05, 4.69) is 10.3 Å². The lowest BCUT2D eigenvalue weighted by Crippen LogP contribution is -2.44. The highest BCUT2D eigenvalue weighted by Gasteiger charge is 2.25. The molecule has 1 heterocycles. The molecule has 0 aliphatic rings. The summed E-state index contributed by atoms with van der Waals surface area (Å²) in [4.78, 5) is 27.6. The third kappa shape index (κ3) is 4.70. The Balaban J connectivity index is 3.08. The number of carbonyl (C=O) groups is 2. The Kier molecular flexibility index (Phi) is 5.34. The van der Waals surface area contributed by atoms with Crippen molar-refractivity contribution in [3.8, 4) is 0 Å². The van der Waals surface area contributed by atoms with Crippen LogP contribution in [0.2, 0.25) is 5.15 Å². The van der Waals surface area contributed by atoms with Crippen molar-refractivity contribution in [3.05, 3.63) is 28.5 Å². The second-order valence-corrected chi connectivity index (χ2v) is 6.73. The molecule has 0 unspecified atom stereocenters. The summed E-state index contributed by atoms with van der Waals surface area (Å²) in [7, 11) is 0. The highest BCUT2D eigenvalue weighted by atomic mass is 35.5. The first kappa shape index (κ1) is 17.4. The number of carboxylic acids is 1. The summed E-state index contributed by atoms with van der Waals surface area (Å²) in [6.07, 6.45) is 0. The molecule has 6 heteroatoms. The minimum atomic E-state index is -1.06. The van der Waals surface area contributed by atoms with E-state index in [9.17, 15) is 9.59 Å². The first-order valence-corrected chi connectivity index (χ1v) is 7.12. The zero-order valence-corrected chi connectivity index (χ0v) is 13.7. The van der Waals surface area contributed by atoms with E-state index in [0.717, 1.165) is 0 Å². The van der Waals surface area contributed by atoms with Crippen molar-refractivity contribution in [1.82, 2.24) is 10.3 Å². The van der Waals surface area contributed by atoms with Gasteiger partial charge in [-0.1, -0.05) is 46.2 Å². The quantitative estimate of drug-likeness (QED) is 0.838. The maximum absolute atomic E-state index is 12.2. The normalized spacial score (nSPS) is 13.1. The van der Waals surface area contributed by atoms with Gasteiger partial charge in [-0.3, -0.25) is 4.79 Å². The second-order valence-electron chi connectivity index (χ2n) is 6.35. The van der Waals surface area contributed by atoms with Gasteiger partial charge in [0.25, 0.3) is 5.91 Å². The molecule has 2 N–H and O–H groups in total. The maximum Gasteiger partial charge on any atom is 0.326 e. The van der Waals surface area contributed by atoms with Crippen LogP contribution in [0.4, 0.5) is 0 Å². The molecular weight excluding hydrogens is 292 g/mol. The van der Waals surface area contributed by atoms with Crippen molar-refractivity contribution >= 4 is 23.5 Å². The number of carbonyl (C=O) groups excluding carboxylic acids is 1. The number of hydrogen-bond donors (Lipinski definition) is 2. The Bertz CT molecular complexity index is 550. The van der Waals surface area contributed by atoms with Gasteiger partial charge in [0.1, 0.15) is 11.2 Å². The van der Waals surface area contributed by atoms with Gasteiger partial charge < -0.3 is 10.4 Å². The van der Waals surface area contributed by atoms with E-state index < -0.39 is 17.9 Å². The van der Waals surface area contributed by atoms with Gasteiger partial charge in [-0.25, -0.2) is 9.78 Å². The number of pyridine rings is 1. The predicted octanol–water partition coefficient (Wildman–Crippen LogP) is 2.87. The number of aliphatic carboxylic acids is 1. The summed E-state index contributed by atoms with van der Waals surface area (Å²) < 4.78 is 0. The molecular formula is C15H21ClN2O3. The van der Waals surface area contributed by atoms with E-state index in [1.165, 1.54) is 6.07 Å². The third-order valence-corrected chi connectivity index (χ3v) is 3.24. The first-order valence-electron chi connectivity index (χ1n) is 6.74. The fraction of sp³-hybridized carbons (Fsp3) is 0.533. The molecule has 0 saturated heterocycles.